The van der Waals surface area contributed by atoms with Crippen molar-refractivity contribution in [1.29, 1.82) is 0 Å². The second-order valence-electron chi connectivity index (χ2n) is 4.87. The maximum Gasteiger partial charge on any atom is 0.261 e. The number of carbonyl (C=O) groups is 2. The van der Waals surface area contributed by atoms with Gasteiger partial charge in [0.1, 0.15) is 5.75 Å². The molecule has 0 saturated heterocycles. The lowest BCUT2D eigenvalue weighted by atomic mass is 10.1. The normalized spacial score (nSPS) is 13.5. The molecule has 106 valence electrons. The van der Waals surface area contributed by atoms with Gasteiger partial charge in [0.15, 0.2) is 0 Å². The summed E-state index contributed by atoms with van der Waals surface area (Å²) in [6.07, 6.45) is 0.579. The monoisotopic (exact) mass is 281 g/mol. The number of benzene rings is 2. The quantitative estimate of drug-likeness (QED) is 0.809. The average Bonchev–Trinajstić information content (AvgIpc) is 2.78. The SMILES string of the molecule is COc1ccccc1CCN1C(=O)c2ccccc2C1=O. The van der Waals surface area contributed by atoms with Crippen LogP contribution in [0.5, 0.6) is 5.75 Å². The number of rotatable bonds is 4. The minimum atomic E-state index is -0.217. The second-order valence-corrected chi connectivity index (χ2v) is 4.87. The molecule has 0 atom stereocenters. The first kappa shape index (κ1) is 13.4. The highest BCUT2D eigenvalue weighted by molar-refractivity contribution is 6.21. The van der Waals surface area contributed by atoms with E-state index in [4.69, 9.17) is 4.74 Å². The predicted molar refractivity (Wildman–Crippen MR) is 78.5 cm³/mol. The van der Waals surface area contributed by atoms with Gasteiger partial charge in [-0.25, -0.2) is 0 Å². The number of nitrogens with zero attached hydrogens (tertiary/aromatic N) is 1. The van der Waals surface area contributed by atoms with Crippen molar-refractivity contribution in [2.75, 3.05) is 13.7 Å². The molecule has 1 aliphatic rings. The number of ether oxygens (including phenoxy) is 1. The number of amides is 2. The molecule has 0 N–H and O–H groups in total. The highest BCUT2D eigenvalue weighted by Gasteiger charge is 2.34. The van der Waals surface area contributed by atoms with Crippen LogP contribution in [0.4, 0.5) is 0 Å². The maximum atomic E-state index is 12.3. The van der Waals surface area contributed by atoms with Gasteiger partial charge in [-0.1, -0.05) is 30.3 Å². The van der Waals surface area contributed by atoms with E-state index in [1.807, 2.05) is 24.3 Å². The van der Waals surface area contributed by atoms with E-state index in [1.165, 1.54) is 4.90 Å². The van der Waals surface area contributed by atoms with E-state index in [9.17, 15) is 9.59 Å². The summed E-state index contributed by atoms with van der Waals surface area (Å²) in [4.78, 5) is 25.8. The minimum absolute atomic E-state index is 0.217. The summed E-state index contributed by atoms with van der Waals surface area (Å²) in [5.41, 5.74) is 1.96. The molecule has 0 bridgehead atoms. The van der Waals surface area contributed by atoms with E-state index >= 15 is 0 Å². The van der Waals surface area contributed by atoms with Gasteiger partial charge >= 0.3 is 0 Å². The van der Waals surface area contributed by atoms with Crippen molar-refractivity contribution in [2.45, 2.75) is 6.42 Å². The molecule has 0 unspecified atom stereocenters. The zero-order valence-corrected chi connectivity index (χ0v) is 11.7. The molecule has 2 aromatic carbocycles. The number of hydrogen-bond acceptors (Lipinski definition) is 3. The molecule has 0 radical (unpaired) electrons. The first-order valence-electron chi connectivity index (χ1n) is 6.79. The number of imide groups is 1. The molecule has 4 heteroatoms. The molecule has 4 nitrogen and oxygen atoms in total. The standard InChI is InChI=1S/C17H15NO3/c1-21-15-9-5-2-6-12(15)10-11-18-16(19)13-7-3-4-8-14(13)17(18)20/h2-9H,10-11H2,1H3. The van der Waals surface area contributed by atoms with Crippen LogP contribution in [0.2, 0.25) is 0 Å². The van der Waals surface area contributed by atoms with Gasteiger partial charge in [-0.05, 0) is 30.2 Å². The van der Waals surface area contributed by atoms with E-state index in [1.54, 1.807) is 31.4 Å². The number of para-hydroxylation sites is 1. The number of fused-ring (bicyclic) bond motifs is 1. The van der Waals surface area contributed by atoms with Crippen LogP contribution in [0.3, 0.4) is 0 Å². The largest absolute Gasteiger partial charge is 0.496 e. The Hall–Kier alpha value is -2.62. The molecule has 0 fully saturated rings. The Kier molecular flexibility index (Phi) is 3.44. The third-order valence-corrected chi connectivity index (χ3v) is 3.68. The minimum Gasteiger partial charge on any atom is -0.496 e. The van der Waals surface area contributed by atoms with Crippen molar-refractivity contribution >= 4 is 11.8 Å². The predicted octanol–water partition coefficient (Wildman–Crippen LogP) is 2.53. The molecule has 0 saturated carbocycles. The molecule has 0 spiro atoms. The Bertz CT molecular complexity index is 674. The smallest absolute Gasteiger partial charge is 0.261 e. The Morgan fingerprint density at radius 2 is 1.48 bits per heavy atom. The molecule has 1 aliphatic heterocycles. The second kappa shape index (κ2) is 5.40. The molecule has 1 heterocycles. The van der Waals surface area contributed by atoms with E-state index < -0.39 is 0 Å². The molecular formula is C17H15NO3. The fraction of sp³-hybridized carbons (Fsp3) is 0.176. The Morgan fingerprint density at radius 1 is 0.905 bits per heavy atom. The van der Waals surface area contributed by atoms with Crippen molar-refractivity contribution in [1.82, 2.24) is 4.90 Å². The lowest BCUT2D eigenvalue weighted by Crippen LogP contribution is -2.31. The van der Waals surface area contributed by atoms with Gasteiger partial charge in [0.2, 0.25) is 0 Å². The van der Waals surface area contributed by atoms with Gasteiger partial charge in [-0.3, -0.25) is 14.5 Å². The Balaban J connectivity index is 1.78. The van der Waals surface area contributed by atoms with E-state index in [0.29, 0.717) is 24.1 Å². The summed E-state index contributed by atoms with van der Waals surface area (Å²) in [5.74, 6) is 0.338. The fourth-order valence-electron chi connectivity index (χ4n) is 2.58. The van der Waals surface area contributed by atoms with Crippen LogP contribution in [0.1, 0.15) is 26.3 Å². The Labute approximate surface area is 123 Å². The molecule has 3 rings (SSSR count). The molecule has 2 amide bonds. The van der Waals surface area contributed by atoms with Gasteiger partial charge in [-0.15, -0.1) is 0 Å². The third-order valence-electron chi connectivity index (χ3n) is 3.68. The van der Waals surface area contributed by atoms with Crippen LogP contribution in [-0.4, -0.2) is 30.4 Å². The van der Waals surface area contributed by atoms with Gasteiger partial charge in [0.05, 0.1) is 18.2 Å². The van der Waals surface area contributed by atoms with E-state index in [0.717, 1.165) is 11.3 Å². The van der Waals surface area contributed by atoms with E-state index in [2.05, 4.69) is 0 Å². The molecule has 21 heavy (non-hydrogen) atoms. The molecule has 2 aromatic rings. The zero-order valence-electron chi connectivity index (χ0n) is 11.7. The summed E-state index contributed by atoms with van der Waals surface area (Å²) in [5, 5.41) is 0. The molecule has 0 aliphatic carbocycles. The summed E-state index contributed by atoms with van der Waals surface area (Å²) >= 11 is 0. The van der Waals surface area contributed by atoms with Gasteiger partial charge in [-0.2, -0.15) is 0 Å². The van der Waals surface area contributed by atoms with Crippen molar-refractivity contribution in [3.63, 3.8) is 0 Å². The first-order chi connectivity index (χ1) is 10.2. The summed E-state index contributed by atoms with van der Waals surface area (Å²) < 4.78 is 5.29. The topological polar surface area (TPSA) is 46.6 Å². The van der Waals surface area contributed by atoms with Gasteiger partial charge in [0.25, 0.3) is 11.8 Å². The Morgan fingerprint density at radius 3 is 2.10 bits per heavy atom. The van der Waals surface area contributed by atoms with E-state index in [-0.39, 0.29) is 11.8 Å². The number of carbonyl (C=O) groups excluding carboxylic acids is 2. The molecule has 0 aromatic heterocycles. The van der Waals surface area contributed by atoms with Crippen LogP contribution in [0, 0.1) is 0 Å². The van der Waals surface area contributed by atoms with Crippen molar-refractivity contribution in [3.8, 4) is 5.75 Å². The van der Waals surface area contributed by atoms with Gasteiger partial charge in [0, 0.05) is 6.54 Å². The fourth-order valence-corrected chi connectivity index (χ4v) is 2.58. The molecular weight excluding hydrogens is 266 g/mol. The zero-order chi connectivity index (χ0) is 14.8. The lowest BCUT2D eigenvalue weighted by Gasteiger charge is -2.15. The van der Waals surface area contributed by atoms with Crippen molar-refractivity contribution in [3.05, 3.63) is 65.2 Å². The third kappa shape index (κ3) is 2.29. The van der Waals surface area contributed by atoms with Crippen LogP contribution in [0.25, 0.3) is 0 Å². The maximum absolute atomic E-state index is 12.3. The van der Waals surface area contributed by atoms with Gasteiger partial charge < -0.3 is 4.74 Å². The lowest BCUT2D eigenvalue weighted by molar-refractivity contribution is 0.0656. The number of hydrogen-bond donors (Lipinski definition) is 0. The van der Waals surface area contributed by atoms with Crippen LogP contribution in [-0.2, 0) is 6.42 Å². The summed E-state index contributed by atoms with van der Waals surface area (Å²) in [6, 6.07) is 14.6. The van der Waals surface area contributed by atoms with Crippen LogP contribution in [0.15, 0.2) is 48.5 Å². The summed E-state index contributed by atoms with van der Waals surface area (Å²) in [6.45, 7) is 0.354. The summed E-state index contributed by atoms with van der Waals surface area (Å²) in [7, 11) is 1.61. The average molecular weight is 281 g/mol. The van der Waals surface area contributed by atoms with Crippen LogP contribution < -0.4 is 4.74 Å². The number of methoxy groups -OCH3 is 1. The van der Waals surface area contributed by atoms with Crippen molar-refractivity contribution in [2.24, 2.45) is 0 Å². The first-order valence-corrected chi connectivity index (χ1v) is 6.79. The van der Waals surface area contributed by atoms with Crippen molar-refractivity contribution < 1.29 is 14.3 Å². The highest BCUT2D eigenvalue weighted by atomic mass is 16.5. The highest BCUT2D eigenvalue weighted by Crippen LogP contribution is 2.24. The van der Waals surface area contributed by atoms with Crippen LogP contribution >= 0.6 is 0 Å².